The average Bonchev–Trinajstić information content (AvgIpc) is 3.06. The molecule has 0 aliphatic carbocycles. The predicted molar refractivity (Wildman–Crippen MR) is 169 cm³/mol. The highest BCUT2D eigenvalue weighted by molar-refractivity contribution is 6.09. The Labute approximate surface area is 239 Å². The van der Waals surface area contributed by atoms with Crippen LogP contribution in [0.3, 0.4) is 0 Å². The van der Waals surface area contributed by atoms with Crippen LogP contribution in [0.15, 0.2) is 152 Å². The van der Waals surface area contributed by atoms with Crippen molar-refractivity contribution in [3.8, 4) is 67.4 Å². The minimum atomic E-state index is 0.907. The molecule has 1 aromatic heterocycles. The Morgan fingerprint density at radius 1 is 0.366 bits per heavy atom. The predicted octanol–water partition coefficient (Wildman–Crippen LogP) is 10.7. The van der Waals surface area contributed by atoms with Gasteiger partial charge in [0, 0.05) is 22.1 Å². The van der Waals surface area contributed by atoms with E-state index >= 15 is 0 Å². The Hall–Kier alpha value is -5.47. The maximum atomic E-state index is 6.30. The average molecular weight is 524 g/mol. The summed E-state index contributed by atoms with van der Waals surface area (Å²) in [5.74, 6) is 1.81. The van der Waals surface area contributed by atoms with Crippen molar-refractivity contribution >= 4 is 10.8 Å². The van der Waals surface area contributed by atoms with Gasteiger partial charge in [-0.2, -0.15) is 0 Å². The van der Waals surface area contributed by atoms with E-state index in [2.05, 4.69) is 133 Å². The van der Waals surface area contributed by atoms with Gasteiger partial charge in [-0.25, -0.2) is 4.98 Å². The first-order valence-electron chi connectivity index (χ1n) is 13.9. The Kier molecular flexibility index (Phi) is 5.49. The van der Waals surface area contributed by atoms with E-state index < -0.39 is 0 Å². The lowest BCUT2D eigenvalue weighted by atomic mass is 9.90. The van der Waals surface area contributed by atoms with Crippen LogP contribution < -0.4 is 4.74 Å². The van der Waals surface area contributed by atoms with Gasteiger partial charge in [-0.3, -0.25) is 0 Å². The van der Waals surface area contributed by atoms with Crippen molar-refractivity contribution in [2.75, 3.05) is 0 Å². The molecule has 0 unspecified atom stereocenters. The standard InChI is InChI=1S/C39H25NO/c1-3-10-26(11-4-1)30-24-35(28-12-5-2-6-13-28)40-36(25-30)29-20-18-27(19-21-29)31-22-23-38-39-33(31)15-9-16-34(39)32-14-7-8-17-37(32)41-38/h1-25H. The summed E-state index contributed by atoms with van der Waals surface area (Å²) < 4.78 is 6.30. The third kappa shape index (κ3) is 4.09. The van der Waals surface area contributed by atoms with Crippen molar-refractivity contribution in [1.82, 2.24) is 4.98 Å². The summed E-state index contributed by atoms with van der Waals surface area (Å²) in [6.45, 7) is 0. The summed E-state index contributed by atoms with van der Waals surface area (Å²) in [6, 6.07) is 53.1. The van der Waals surface area contributed by atoms with Crippen molar-refractivity contribution in [2.45, 2.75) is 0 Å². The van der Waals surface area contributed by atoms with Crippen LogP contribution in [0.2, 0.25) is 0 Å². The van der Waals surface area contributed by atoms with E-state index in [1.54, 1.807) is 0 Å². The largest absolute Gasteiger partial charge is 0.456 e. The second-order valence-corrected chi connectivity index (χ2v) is 10.4. The van der Waals surface area contributed by atoms with E-state index in [0.717, 1.165) is 50.5 Å². The van der Waals surface area contributed by atoms with Gasteiger partial charge in [0.2, 0.25) is 0 Å². The molecule has 0 amide bonds. The van der Waals surface area contributed by atoms with Crippen molar-refractivity contribution < 1.29 is 4.74 Å². The molecule has 0 fully saturated rings. The molecule has 2 nitrogen and oxygen atoms in total. The second-order valence-electron chi connectivity index (χ2n) is 10.4. The van der Waals surface area contributed by atoms with Crippen LogP contribution >= 0.6 is 0 Å². The molecule has 1 aliphatic rings. The first-order valence-corrected chi connectivity index (χ1v) is 13.9. The van der Waals surface area contributed by atoms with Crippen LogP contribution in [0.1, 0.15) is 0 Å². The number of benzene rings is 6. The van der Waals surface area contributed by atoms with Crippen LogP contribution in [0.4, 0.5) is 0 Å². The SMILES string of the molecule is c1ccc(-c2cc(-c3ccccc3)nc(-c3ccc(-c4ccc5c6c(cccc46)-c4ccccc4O5)cc3)c2)cc1. The summed E-state index contributed by atoms with van der Waals surface area (Å²) in [7, 11) is 0. The molecule has 41 heavy (non-hydrogen) atoms. The molecule has 0 saturated carbocycles. The van der Waals surface area contributed by atoms with Gasteiger partial charge in [0.25, 0.3) is 0 Å². The van der Waals surface area contributed by atoms with Gasteiger partial charge in [0.15, 0.2) is 0 Å². The van der Waals surface area contributed by atoms with E-state index in [-0.39, 0.29) is 0 Å². The summed E-state index contributed by atoms with van der Waals surface area (Å²) in [6.07, 6.45) is 0. The summed E-state index contributed by atoms with van der Waals surface area (Å²) >= 11 is 0. The van der Waals surface area contributed by atoms with Gasteiger partial charge in [0.05, 0.1) is 11.4 Å². The molecule has 0 atom stereocenters. The van der Waals surface area contributed by atoms with Crippen molar-refractivity contribution in [3.05, 3.63) is 152 Å². The molecule has 0 saturated heterocycles. The maximum Gasteiger partial charge on any atom is 0.135 e. The van der Waals surface area contributed by atoms with Gasteiger partial charge in [-0.15, -0.1) is 0 Å². The first kappa shape index (κ1) is 23.4. The summed E-state index contributed by atoms with van der Waals surface area (Å²) in [5.41, 5.74) is 11.2. The van der Waals surface area contributed by atoms with Gasteiger partial charge in [-0.1, -0.05) is 127 Å². The second kappa shape index (κ2) is 9.62. The molecular weight excluding hydrogens is 498 g/mol. The minimum absolute atomic E-state index is 0.907. The normalized spacial score (nSPS) is 11.6. The number of rotatable bonds is 4. The molecule has 0 spiro atoms. The molecule has 0 N–H and O–H groups in total. The molecule has 7 aromatic rings. The monoisotopic (exact) mass is 523 g/mol. The molecule has 0 bridgehead atoms. The number of hydrogen-bond donors (Lipinski definition) is 0. The maximum absolute atomic E-state index is 6.30. The summed E-state index contributed by atoms with van der Waals surface area (Å²) in [4.78, 5) is 5.10. The van der Waals surface area contributed by atoms with Gasteiger partial charge in [0.1, 0.15) is 11.5 Å². The number of para-hydroxylation sites is 1. The first-order chi connectivity index (χ1) is 20.3. The lowest BCUT2D eigenvalue weighted by molar-refractivity contribution is 0.487. The van der Waals surface area contributed by atoms with E-state index in [9.17, 15) is 0 Å². The third-order valence-corrected chi connectivity index (χ3v) is 7.89. The minimum Gasteiger partial charge on any atom is -0.456 e. The number of aromatic nitrogens is 1. The van der Waals surface area contributed by atoms with E-state index in [1.165, 1.54) is 27.6 Å². The highest BCUT2D eigenvalue weighted by Crippen LogP contribution is 2.48. The highest BCUT2D eigenvalue weighted by atomic mass is 16.5. The van der Waals surface area contributed by atoms with Crippen LogP contribution in [-0.4, -0.2) is 4.98 Å². The molecule has 8 rings (SSSR count). The van der Waals surface area contributed by atoms with Crippen LogP contribution in [0.5, 0.6) is 11.5 Å². The molecule has 2 heterocycles. The van der Waals surface area contributed by atoms with Crippen LogP contribution in [0, 0.1) is 0 Å². The zero-order valence-electron chi connectivity index (χ0n) is 22.3. The Morgan fingerprint density at radius 2 is 0.976 bits per heavy atom. The van der Waals surface area contributed by atoms with Crippen LogP contribution in [-0.2, 0) is 0 Å². The van der Waals surface area contributed by atoms with E-state index in [4.69, 9.17) is 9.72 Å². The van der Waals surface area contributed by atoms with Gasteiger partial charge < -0.3 is 4.74 Å². The topological polar surface area (TPSA) is 22.1 Å². The van der Waals surface area contributed by atoms with E-state index in [1.807, 2.05) is 18.2 Å². The molecule has 6 aromatic carbocycles. The van der Waals surface area contributed by atoms with Gasteiger partial charge >= 0.3 is 0 Å². The zero-order valence-corrected chi connectivity index (χ0v) is 22.3. The van der Waals surface area contributed by atoms with E-state index in [0.29, 0.717) is 0 Å². The fourth-order valence-electron chi connectivity index (χ4n) is 5.89. The Balaban J connectivity index is 1.23. The highest BCUT2D eigenvalue weighted by Gasteiger charge is 2.21. The fraction of sp³-hybridized carbons (Fsp3) is 0. The fourth-order valence-corrected chi connectivity index (χ4v) is 5.89. The van der Waals surface area contributed by atoms with Crippen molar-refractivity contribution in [2.24, 2.45) is 0 Å². The number of fused-ring (bicyclic) bond motifs is 2. The Bertz CT molecular complexity index is 1990. The number of pyridine rings is 1. The lowest BCUT2D eigenvalue weighted by Gasteiger charge is -2.22. The van der Waals surface area contributed by atoms with Crippen molar-refractivity contribution in [1.29, 1.82) is 0 Å². The third-order valence-electron chi connectivity index (χ3n) is 7.89. The van der Waals surface area contributed by atoms with Crippen LogP contribution in [0.25, 0.3) is 66.7 Å². The number of nitrogens with zero attached hydrogens (tertiary/aromatic N) is 1. The molecule has 192 valence electrons. The Morgan fingerprint density at radius 3 is 1.73 bits per heavy atom. The quantitative estimate of drug-likeness (QED) is 0.229. The smallest absolute Gasteiger partial charge is 0.135 e. The molecular formula is C39H25NO. The molecule has 0 radical (unpaired) electrons. The summed E-state index contributed by atoms with van der Waals surface area (Å²) in [5, 5.41) is 2.36. The lowest BCUT2D eigenvalue weighted by Crippen LogP contribution is -1.97. The number of hydrogen-bond acceptors (Lipinski definition) is 2. The van der Waals surface area contributed by atoms with Crippen molar-refractivity contribution in [3.63, 3.8) is 0 Å². The van der Waals surface area contributed by atoms with Gasteiger partial charge in [-0.05, 0) is 57.5 Å². The zero-order chi connectivity index (χ0) is 27.2. The molecule has 1 aliphatic heterocycles. The number of ether oxygens (including phenoxy) is 1. The molecule has 2 heteroatoms.